The van der Waals surface area contributed by atoms with E-state index in [0.717, 1.165) is 24.3 Å². The largest absolute Gasteiger partial charge is 0.573 e. The van der Waals surface area contributed by atoms with E-state index in [9.17, 15) is 30.7 Å². The Morgan fingerprint density at radius 1 is 0.391 bits per heavy atom. The van der Waals surface area contributed by atoms with E-state index >= 15 is 0 Å². The Morgan fingerprint density at radius 2 is 0.630 bits per heavy atom. The molecule has 0 fully saturated rings. The third-order valence-electron chi connectivity index (χ3n) is 5.40. The van der Waals surface area contributed by atoms with Crippen molar-refractivity contribution in [1.29, 1.82) is 5.26 Å². The number of benzene rings is 2. The van der Waals surface area contributed by atoms with Gasteiger partial charge in [-0.05, 0) is 30.3 Å². The fourth-order valence-electron chi connectivity index (χ4n) is 2.80. The van der Waals surface area contributed by atoms with Gasteiger partial charge in [-0.1, -0.05) is 5.16 Å². The van der Waals surface area contributed by atoms with Crippen LogP contribution in [-0.4, -0.2) is 17.9 Å². The normalized spacial score (nSPS) is 16.5. The zero-order valence-corrected chi connectivity index (χ0v) is 174. The molecule has 0 aliphatic carbocycles. The van der Waals surface area contributed by atoms with E-state index in [1.165, 1.54) is 12.1 Å². The van der Waals surface area contributed by atoms with Crippen LogP contribution in [0.1, 0.15) is 5.56 Å². The summed E-state index contributed by atoms with van der Waals surface area (Å²) in [5.74, 6) is -1.83. The Bertz CT molecular complexity index is 2650. The summed E-state index contributed by atoms with van der Waals surface area (Å²) in [4.78, 5) is 0. The fraction of sp³-hybridized carbons (Fsp3) is 0.125. The van der Waals surface area contributed by atoms with Gasteiger partial charge in [0.15, 0.2) is 11.4 Å². The molecule has 3 aromatic rings. The minimum absolute atomic E-state index is 0.0256. The number of hydrogen-bond acceptors (Lipinski definition) is 6. The number of halogens is 70. The maximum atomic E-state index is 12.6. The van der Waals surface area contributed by atoms with Gasteiger partial charge in [-0.3, -0.25) is 0 Å². The maximum absolute atomic E-state index is 12.6. The van der Waals surface area contributed by atoms with Crippen molar-refractivity contribution < 1.29 is 58.0 Å². The van der Waals surface area contributed by atoms with Gasteiger partial charge in [0.1, 0.15) is 23.4 Å². The summed E-state index contributed by atoms with van der Waals surface area (Å²) < 4.78 is 95.2. The molecule has 0 saturated carbocycles. The zero-order chi connectivity index (χ0) is 71.8. The number of ether oxygens (including phenoxy) is 2. The number of aromatic nitrogens is 1. The molecule has 1 heterocycles. The van der Waals surface area contributed by atoms with Gasteiger partial charge in [-0.15, -0.1) is 26.3 Å². The standard InChI is InChI=1S/C8H3F4NO.C8H5F3N2O2.I63/c9-7-2-1-6(3-5(7)4-13)14-8(10,11)12;9-8(10,11)14-4-1-2-6-5(3-4)7(12)13-15-6;1-33-35(4)37(6)39(8)41(10)43(12)45(14)47(16)49(18)51(20)53(22)55(24)57(26)59(28)61(30)63(32)62(31)60(29)58(27)56(25)54(23)52(21)50(19)48(17)46(15)44(13)42(11)40(9)38(7)36(5)34(2)3/h1-3H;1-3H,(H2,12,13);/q;;-1. The van der Waals surface area contributed by atoms with Crippen LogP contribution in [0.15, 0.2) is 40.9 Å². The van der Waals surface area contributed by atoms with Crippen LogP contribution in [-0.2, 0) is 0 Å². The molecule has 6 nitrogen and oxygen atoms in total. The molecular formula is C16H8F7I63N3O3-. The number of nitrogen functional groups attached to an aromatic ring is 1. The summed E-state index contributed by atoms with van der Waals surface area (Å²) in [7, 11) is -16.7. The molecule has 0 spiro atoms. The smallest absolute Gasteiger partial charge is 0.406 e. The summed E-state index contributed by atoms with van der Waals surface area (Å²) >= 11 is 107. The number of nitrogens with two attached hydrogens (primary N) is 1. The first-order chi connectivity index (χ1) is 42.1. The number of fused-ring (bicyclic) bond motifs is 1. The second-order valence-electron chi connectivity index (χ2n) is 9.99. The first-order valence-corrected chi connectivity index (χ1v) is 406. The summed E-state index contributed by atoms with van der Waals surface area (Å²) in [5.41, 5.74) is 5.18. The average molecular weight is 8420 g/mol. The van der Waals surface area contributed by atoms with Gasteiger partial charge in [0.05, 0.1) is 10.9 Å². The molecule has 0 atom stereocenters. The van der Waals surface area contributed by atoms with E-state index < -0.39 is 267 Å². The fourth-order valence-corrected chi connectivity index (χ4v) is 11900. The molecule has 0 saturated heterocycles. The zero-order valence-electron chi connectivity index (χ0n) is 37.6. The predicted molar refractivity (Wildman–Crippen MR) is 952 cm³/mol. The molecule has 3 rings (SSSR count). The van der Waals surface area contributed by atoms with Crippen molar-refractivity contribution in [1.82, 2.24) is 5.16 Å². The van der Waals surface area contributed by atoms with Gasteiger partial charge in [-0.2, -0.15) is 5.26 Å². The third-order valence-corrected chi connectivity index (χ3v) is 4880. The predicted octanol–water partition coefficient (Wildman–Crippen LogP) is 56.8. The Labute approximate surface area is 950 Å². The first-order valence-electron chi connectivity index (χ1n) is 16.1. The van der Waals surface area contributed by atoms with Crippen LogP contribution in [0.4, 0.5) is 36.6 Å². The molecule has 0 aliphatic rings. The van der Waals surface area contributed by atoms with Crippen molar-refractivity contribution in [3.8, 4) is 17.6 Å². The molecule has 0 aliphatic heterocycles. The van der Waals surface area contributed by atoms with E-state index in [4.69, 9.17) is 15.5 Å². The maximum Gasteiger partial charge on any atom is 0.573 e. The summed E-state index contributed by atoms with van der Waals surface area (Å²) in [6, 6.07) is 7.16. The number of alkyl halides is 6. The van der Waals surface area contributed by atoms with Crippen LogP contribution >= 0.6 is 833 Å². The quantitative estimate of drug-likeness (QED) is 0.0494. The van der Waals surface area contributed by atoms with E-state index in [1.807, 2.05) is 0 Å². The van der Waals surface area contributed by atoms with Gasteiger partial charge in [0, 0.05) is 6.07 Å². The van der Waals surface area contributed by atoms with Crippen molar-refractivity contribution in [2.24, 2.45) is 0 Å². The second-order valence-corrected chi connectivity index (χ2v) is 1490. The van der Waals surface area contributed by atoms with Crippen LogP contribution in [0.5, 0.6) is 11.5 Å². The van der Waals surface area contributed by atoms with E-state index in [0.29, 0.717) is 24.9 Å². The molecule has 596 valence electrons. The molecule has 2 aromatic carbocycles. The number of rotatable bonds is 32. The monoisotopic (exact) mass is 8420 g/mol. The van der Waals surface area contributed by atoms with Gasteiger partial charge in [0.25, 0.3) is 0 Å². The topological polar surface area (TPSA) is 94.3 Å². The van der Waals surface area contributed by atoms with Gasteiger partial charge in [0.2, 0.25) is 0 Å². The molecule has 1 aromatic heterocycles. The molecule has 0 unspecified atom stereocenters. The van der Waals surface area contributed by atoms with Crippen molar-refractivity contribution in [3.05, 3.63) is 47.8 Å². The first kappa shape index (κ1) is 132. The molecular weight excluding hydrogens is 8410 g/mol. The summed E-state index contributed by atoms with van der Waals surface area (Å²) in [5, 5.41) is 12.0. The Balaban J connectivity index is 0.00000116. The van der Waals surface area contributed by atoms with E-state index in [1.54, 1.807) is 0 Å². The van der Waals surface area contributed by atoms with Crippen molar-refractivity contribution in [3.63, 3.8) is 0 Å². The SMILES string of the molecule is I[I-]I(I)I(I)I(I)I(I)I(I)I(I)I(I)I(I)I(I)I(I)I(I)I(I)I(I)I(I)I(I)I(I)I(I)I(I)I(I)I(I)I(I)I(I)I(I)I(I)I(I)I(I)I(I)I(I)I(I)I(I)I.N#Cc1cc(OC(F)(F)F)ccc1F.Nc1noc2ccc(OC(F)(F)F)cc12. The molecule has 0 amide bonds. The average Bonchev–Trinajstić information content (AvgIpc) is 1.37. The van der Waals surface area contributed by atoms with Crippen LogP contribution in [0.2, 0.25) is 0 Å². The molecule has 0 bridgehead atoms. The van der Waals surface area contributed by atoms with Crippen LogP contribution in [0, 0.1) is 17.1 Å². The Hall–Kier alpha value is 42.3. The third kappa shape index (κ3) is 53.1. The van der Waals surface area contributed by atoms with E-state index in [-0.39, 0.29) is 17.0 Å². The Morgan fingerprint density at radius 3 is 0.870 bits per heavy atom. The van der Waals surface area contributed by atoms with Crippen molar-refractivity contribution in [2.75, 3.05) is 5.73 Å². The van der Waals surface area contributed by atoms with Gasteiger partial charge < -0.3 is 19.7 Å². The van der Waals surface area contributed by atoms with E-state index in [2.05, 4.69) is 610 Å². The molecule has 76 heteroatoms. The van der Waals surface area contributed by atoms with Crippen LogP contribution in [0.3, 0.4) is 0 Å². The van der Waals surface area contributed by atoms with Gasteiger partial charge in [-0.25, -0.2) is 4.39 Å². The minimum atomic E-state index is -4.84. The van der Waals surface area contributed by atoms with Crippen molar-refractivity contribution in [2.45, 2.75) is 12.7 Å². The molecule has 92 heavy (non-hydrogen) atoms. The summed E-state index contributed by atoms with van der Waals surface area (Å²) in [6.07, 6.45) is -9.57. The Kier molecular flexibility index (Phi) is 107. The second kappa shape index (κ2) is 74.2. The number of nitrogens with zero attached hydrogens (tertiary/aromatic N) is 2. The minimum Gasteiger partial charge on any atom is -0.406 e. The number of hydrogen-bond donors (Lipinski definition) is 1. The van der Waals surface area contributed by atoms with Gasteiger partial charge >= 0.3 is 859 Å². The molecule has 2 N–H and O–H groups in total. The van der Waals surface area contributed by atoms with Crippen molar-refractivity contribution >= 4 is 849 Å². The number of nitriles is 1. The van der Waals surface area contributed by atoms with Crippen LogP contribution < -0.4 is 28.5 Å². The summed E-state index contributed by atoms with van der Waals surface area (Å²) in [6.45, 7) is 0. The molecule has 0 radical (unpaired) electrons. The van der Waals surface area contributed by atoms with Crippen LogP contribution in [0.25, 0.3) is 11.0 Å². The number of anilines is 1.